The standard InChI is InChI=1S/C28H35NO6S/c1-26(2)17-9-10-27(26,22(30)14-17)15-36(31,32)35-21-8-6-18-19-13-16-5-7-20(33-4)24-23(16)28(18,25(21)34-24)11-12-29(19)3/h5-8,17-19,21,25H,9-15H2,1-4H3/t17?,18-,19+,21-,25-,27?,28-/m0/s1. The summed E-state index contributed by atoms with van der Waals surface area (Å²) in [4.78, 5) is 15.4. The van der Waals surface area contributed by atoms with Crippen LogP contribution in [0, 0.1) is 22.7 Å². The summed E-state index contributed by atoms with van der Waals surface area (Å²) in [6, 6.07) is 4.43. The molecule has 0 radical (unpaired) electrons. The lowest BCUT2D eigenvalue weighted by Crippen LogP contribution is -2.65. The molecule has 7 rings (SSSR count). The fourth-order valence-corrected chi connectivity index (χ4v) is 10.9. The fourth-order valence-electron chi connectivity index (χ4n) is 9.07. The van der Waals surface area contributed by atoms with Crippen LogP contribution in [0.25, 0.3) is 0 Å². The van der Waals surface area contributed by atoms with Gasteiger partial charge < -0.3 is 14.4 Å². The minimum atomic E-state index is -4.00. The van der Waals surface area contributed by atoms with E-state index in [1.165, 1.54) is 11.1 Å². The molecule has 0 amide bonds. The van der Waals surface area contributed by atoms with E-state index in [2.05, 4.69) is 37.9 Å². The summed E-state index contributed by atoms with van der Waals surface area (Å²) in [6.45, 7) is 5.03. The maximum absolute atomic E-state index is 13.6. The van der Waals surface area contributed by atoms with E-state index in [0.717, 1.165) is 31.6 Å². The van der Waals surface area contributed by atoms with Crippen molar-refractivity contribution in [2.24, 2.45) is 22.7 Å². The number of hydrogen-bond acceptors (Lipinski definition) is 7. The largest absolute Gasteiger partial charge is 0.493 e. The van der Waals surface area contributed by atoms with E-state index in [-0.39, 0.29) is 34.2 Å². The molecule has 194 valence electrons. The number of carbonyl (C=O) groups is 1. The Balaban J connectivity index is 1.27. The van der Waals surface area contributed by atoms with Crippen LogP contribution in [0.5, 0.6) is 11.5 Å². The Kier molecular flexibility index (Phi) is 4.61. The molecule has 1 saturated heterocycles. The number of Topliss-reactive ketones (excluding diaryl/α,β-unsaturated/α-hetero) is 1. The van der Waals surface area contributed by atoms with Gasteiger partial charge in [-0.05, 0) is 62.2 Å². The van der Waals surface area contributed by atoms with Crippen molar-refractivity contribution < 1.29 is 26.9 Å². The SMILES string of the molecule is COc1ccc2c3c1O[C@H]1[C@@H](OS(=O)(=O)CC45CCC(CC4=O)C5(C)C)C=C[C@H]4[C@@H](C2)N(C)CC[C@@]341. The Morgan fingerprint density at radius 2 is 1.97 bits per heavy atom. The second-order valence-electron chi connectivity index (χ2n) is 12.6. The van der Waals surface area contributed by atoms with Gasteiger partial charge in [0.15, 0.2) is 11.5 Å². The molecule has 2 aliphatic heterocycles. The zero-order valence-corrected chi connectivity index (χ0v) is 22.3. The van der Waals surface area contributed by atoms with Crippen LogP contribution in [0.15, 0.2) is 24.3 Å². The van der Waals surface area contributed by atoms with Crippen LogP contribution < -0.4 is 9.47 Å². The maximum atomic E-state index is 13.6. The molecule has 3 fully saturated rings. The van der Waals surface area contributed by atoms with Crippen molar-refractivity contribution >= 4 is 15.9 Å². The highest BCUT2D eigenvalue weighted by Gasteiger charge is 2.67. The monoisotopic (exact) mass is 513 g/mol. The number of nitrogens with zero attached hydrogens (tertiary/aromatic N) is 1. The first-order chi connectivity index (χ1) is 17.0. The molecule has 0 aromatic heterocycles. The summed E-state index contributed by atoms with van der Waals surface area (Å²) < 4.78 is 45.6. The molecular weight excluding hydrogens is 478 g/mol. The lowest BCUT2D eigenvalue weighted by molar-refractivity contribution is -0.128. The molecule has 2 unspecified atom stereocenters. The van der Waals surface area contributed by atoms with Crippen molar-refractivity contribution in [1.82, 2.24) is 4.90 Å². The molecule has 1 aromatic carbocycles. The smallest absolute Gasteiger partial charge is 0.269 e. The summed E-state index contributed by atoms with van der Waals surface area (Å²) in [6.07, 6.45) is 6.68. The Labute approximate surface area is 213 Å². The van der Waals surface area contributed by atoms with Gasteiger partial charge in [0.1, 0.15) is 18.0 Å². The molecule has 2 saturated carbocycles. The van der Waals surface area contributed by atoms with Crippen LogP contribution in [-0.2, 0) is 30.9 Å². The highest BCUT2D eigenvalue weighted by atomic mass is 32.2. The zero-order valence-electron chi connectivity index (χ0n) is 21.5. The van der Waals surface area contributed by atoms with Gasteiger partial charge in [0, 0.05) is 29.4 Å². The Morgan fingerprint density at radius 1 is 1.17 bits per heavy atom. The van der Waals surface area contributed by atoms with E-state index in [1.807, 2.05) is 12.1 Å². The second kappa shape index (κ2) is 7.14. The van der Waals surface area contributed by atoms with E-state index in [4.69, 9.17) is 13.7 Å². The van der Waals surface area contributed by atoms with Crippen LogP contribution in [0.1, 0.15) is 50.7 Å². The third-order valence-electron chi connectivity index (χ3n) is 11.2. The van der Waals surface area contributed by atoms with Crippen LogP contribution in [0.2, 0.25) is 0 Å². The van der Waals surface area contributed by atoms with Crippen LogP contribution >= 0.6 is 0 Å². The average Bonchev–Trinajstić information content (AvgIpc) is 3.35. The first-order valence-electron chi connectivity index (χ1n) is 13.2. The number of fused-ring (bicyclic) bond motifs is 2. The molecular formula is C28H35NO6S. The predicted molar refractivity (Wildman–Crippen MR) is 134 cm³/mol. The molecule has 2 heterocycles. The zero-order chi connectivity index (χ0) is 25.3. The van der Waals surface area contributed by atoms with Crippen molar-refractivity contribution in [3.8, 4) is 11.5 Å². The second-order valence-corrected chi connectivity index (χ2v) is 14.1. The number of benzene rings is 1. The van der Waals surface area contributed by atoms with Gasteiger partial charge in [-0.15, -0.1) is 0 Å². The Bertz CT molecular complexity index is 1300. The first-order valence-corrected chi connectivity index (χ1v) is 14.8. The van der Waals surface area contributed by atoms with Crippen molar-refractivity contribution in [2.75, 3.05) is 26.5 Å². The van der Waals surface area contributed by atoms with Crippen LogP contribution in [0.4, 0.5) is 0 Å². The van der Waals surface area contributed by atoms with E-state index >= 15 is 0 Å². The van der Waals surface area contributed by atoms with Crippen molar-refractivity contribution in [1.29, 1.82) is 0 Å². The molecule has 36 heavy (non-hydrogen) atoms. The number of carbonyl (C=O) groups excluding carboxylic acids is 1. The summed E-state index contributed by atoms with van der Waals surface area (Å²) in [5.41, 5.74) is 0.908. The highest BCUT2D eigenvalue weighted by Crippen LogP contribution is 2.65. The number of ketones is 1. The minimum absolute atomic E-state index is 0.0816. The van der Waals surface area contributed by atoms with Crippen molar-refractivity contribution in [2.45, 2.75) is 69.6 Å². The number of methoxy groups -OCH3 is 1. The molecule has 8 heteroatoms. The van der Waals surface area contributed by atoms with E-state index in [0.29, 0.717) is 24.6 Å². The summed E-state index contributed by atoms with van der Waals surface area (Å²) in [5.74, 6) is 1.73. The summed E-state index contributed by atoms with van der Waals surface area (Å²) in [5, 5.41) is 0. The number of ether oxygens (including phenoxy) is 2. The molecule has 4 aliphatic carbocycles. The third-order valence-corrected chi connectivity index (χ3v) is 12.5. The molecule has 1 spiro atoms. The van der Waals surface area contributed by atoms with E-state index in [9.17, 15) is 13.2 Å². The molecule has 7 nitrogen and oxygen atoms in total. The number of rotatable bonds is 5. The quantitative estimate of drug-likeness (QED) is 0.442. The molecule has 1 aromatic rings. The van der Waals surface area contributed by atoms with Gasteiger partial charge in [0.25, 0.3) is 10.1 Å². The van der Waals surface area contributed by atoms with Gasteiger partial charge in [-0.25, -0.2) is 0 Å². The van der Waals surface area contributed by atoms with Gasteiger partial charge >= 0.3 is 0 Å². The Hall–Kier alpha value is -1.90. The van der Waals surface area contributed by atoms with Gasteiger partial charge in [-0.1, -0.05) is 32.1 Å². The molecule has 0 N–H and O–H groups in total. The van der Waals surface area contributed by atoms with Crippen LogP contribution in [0.3, 0.4) is 0 Å². The number of likely N-dealkylation sites (tertiary alicyclic amines) is 1. The summed E-state index contributed by atoms with van der Waals surface area (Å²) in [7, 11) is -0.182. The molecule has 4 bridgehead atoms. The third kappa shape index (κ3) is 2.66. The highest BCUT2D eigenvalue weighted by molar-refractivity contribution is 7.86. The summed E-state index contributed by atoms with van der Waals surface area (Å²) >= 11 is 0. The number of hydrogen-bond donors (Lipinski definition) is 0. The lowest BCUT2D eigenvalue weighted by atomic mass is 9.53. The van der Waals surface area contributed by atoms with Gasteiger partial charge in [0.05, 0.1) is 18.3 Å². The molecule has 7 atom stereocenters. The lowest BCUT2D eigenvalue weighted by Gasteiger charge is -2.56. The van der Waals surface area contributed by atoms with Gasteiger partial charge in [0.2, 0.25) is 0 Å². The fraction of sp³-hybridized carbons (Fsp3) is 0.679. The van der Waals surface area contributed by atoms with Gasteiger partial charge in [-0.3, -0.25) is 8.98 Å². The van der Waals surface area contributed by atoms with Crippen molar-refractivity contribution in [3.05, 3.63) is 35.4 Å². The first kappa shape index (κ1) is 23.2. The normalized spacial score (nSPS) is 41.3. The topological polar surface area (TPSA) is 82.1 Å². The Morgan fingerprint density at radius 3 is 2.67 bits per heavy atom. The maximum Gasteiger partial charge on any atom is 0.269 e. The van der Waals surface area contributed by atoms with E-state index in [1.54, 1.807) is 7.11 Å². The predicted octanol–water partition coefficient (Wildman–Crippen LogP) is 3.25. The minimum Gasteiger partial charge on any atom is -0.493 e. The van der Waals surface area contributed by atoms with E-state index < -0.39 is 27.7 Å². The number of piperidine rings is 1. The van der Waals surface area contributed by atoms with Crippen LogP contribution in [-0.4, -0.2) is 63.8 Å². The average molecular weight is 514 g/mol. The van der Waals surface area contributed by atoms with Gasteiger partial charge in [-0.2, -0.15) is 8.42 Å². The number of likely N-dealkylation sites (N-methyl/N-ethyl adjacent to an activating group) is 1. The van der Waals surface area contributed by atoms with Crippen molar-refractivity contribution in [3.63, 3.8) is 0 Å². The molecule has 6 aliphatic rings.